The summed E-state index contributed by atoms with van der Waals surface area (Å²) in [6.45, 7) is 5.57. The molecule has 7 heteroatoms. The van der Waals surface area contributed by atoms with Crippen LogP contribution in [-0.2, 0) is 10.0 Å². The molecule has 130 valence electrons. The number of fused-ring (bicyclic) bond motifs is 1. The van der Waals surface area contributed by atoms with E-state index < -0.39 is 10.0 Å². The molecule has 0 aliphatic carbocycles. The first kappa shape index (κ1) is 18.4. The molecule has 2 aromatic carbocycles. The SMILES string of the molecule is Cc1cc(C)c(S(=O)(=O)Nc2c(Br)cc(Br)c3cccnc23)c(C)c1. The molecule has 0 saturated carbocycles. The molecule has 3 rings (SSSR count). The number of pyridine rings is 1. The van der Waals surface area contributed by atoms with Gasteiger partial charge in [0.2, 0.25) is 0 Å². The summed E-state index contributed by atoms with van der Waals surface area (Å²) in [5, 5.41) is 0.834. The lowest BCUT2D eigenvalue weighted by Gasteiger charge is -2.16. The Morgan fingerprint density at radius 3 is 2.28 bits per heavy atom. The smallest absolute Gasteiger partial charge is 0.262 e. The zero-order chi connectivity index (χ0) is 18.4. The number of hydrogen-bond acceptors (Lipinski definition) is 3. The average Bonchev–Trinajstić information content (AvgIpc) is 2.50. The second kappa shape index (κ2) is 6.70. The minimum Gasteiger partial charge on any atom is -0.276 e. The van der Waals surface area contributed by atoms with Crippen LogP contribution in [-0.4, -0.2) is 13.4 Å². The molecule has 0 saturated heterocycles. The molecule has 1 heterocycles. The molecule has 0 radical (unpaired) electrons. The molecule has 0 unspecified atom stereocenters. The second-order valence-electron chi connectivity index (χ2n) is 5.95. The zero-order valence-corrected chi connectivity index (χ0v) is 17.9. The number of benzene rings is 2. The molecule has 0 aliphatic heterocycles. The van der Waals surface area contributed by atoms with Crippen molar-refractivity contribution in [1.29, 1.82) is 0 Å². The van der Waals surface area contributed by atoms with Crippen molar-refractivity contribution < 1.29 is 8.42 Å². The van der Waals surface area contributed by atoms with E-state index in [2.05, 4.69) is 41.6 Å². The maximum atomic E-state index is 13.1. The zero-order valence-electron chi connectivity index (χ0n) is 13.9. The number of aromatic nitrogens is 1. The monoisotopic (exact) mass is 482 g/mol. The molecule has 0 amide bonds. The summed E-state index contributed by atoms with van der Waals surface area (Å²) in [5.74, 6) is 0. The van der Waals surface area contributed by atoms with Gasteiger partial charge in [-0.2, -0.15) is 0 Å². The van der Waals surface area contributed by atoms with Crippen molar-refractivity contribution in [2.45, 2.75) is 25.7 Å². The highest BCUT2D eigenvalue weighted by Gasteiger charge is 2.23. The number of rotatable bonds is 3. The Labute approximate surface area is 164 Å². The Balaban J connectivity index is 2.20. The molecule has 4 nitrogen and oxygen atoms in total. The van der Waals surface area contributed by atoms with E-state index in [9.17, 15) is 8.42 Å². The highest BCUT2D eigenvalue weighted by Crippen LogP contribution is 2.37. The van der Waals surface area contributed by atoms with Crippen molar-refractivity contribution in [2.24, 2.45) is 0 Å². The Kier molecular flexibility index (Phi) is 4.92. The number of sulfonamides is 1. The van der Waals surface area contributed by atoms with Crippen molar-refractivity contribution >= 4 is 58.5 Å². The first-order valence-corrected chi connectivity index (χ1v) is 10.6. The third-order valence-corrected chi connectivity index (χ3v) is 6.84. The lowest BCUT2D eigenvalue weighted by molar-refractivity contribution is 0.600. The van der Waals surface area contributed by atoms with Crippen LogP contribution in [0.25, 0.3) is 10.9 Å². The summed E-state index contributed by atoms with van der Waals surface area (Å²) in [6.07, 6.45) is 1.64. The van der Waals surface area contributed by atoms with Crippen LogP contribution in [0, 0.1) is 20.8 Å². The summed E-state index contributed by atoms with van der Waals surface area (Å²) in [5.41, 5.74) is 3.48. The number of anilines is 1. The van der Waals surface area contributed by atoms with Gasteiger partial charge in [-0.3, -0.25) is 9.71 Å². The first-order valence-electron chi connectivity index (χ1n) is 7.54. The lowest BCUT2D eigenvalue weighted by Crippen LogP contribution is -2.16. The average molecular weight is 484 g/mol. The standard InChI is InChI=1S/C18H16Br2N2O2S/c1-10-7-11(2)18(12(3)8-10)25(23,24)22-17-15(20)9-14(19)13-5-4-6-21-16(13)17/h4-9,22H,1-3H3. The second-order valence-corrected chi connectivity index (χ2v) is 9.28. The summed E-state index contributed by atoms with van der Waals surface area (Å²) in [4.78, 5) is 4.66. The third kappa shape index (κ3) is 3.45. The number of nitrogens with zero attached hydrogens (tertiary/aromatic N) is 1. The highest BCUT2D eigenvalue weighted by molar-refractivity contribution is 9.11. The minimum absolute atomic E-state index is 0.303. The number of hydrogen-bond donors (Lipinski definition) is 1. The van der Waals surface area contributed by atoms with Gasteiger partial charge in [-0.1, -0.05) is 39.7 Å². The fourth-order valence-corrected chi connectivity index (χ4v) is 6.09. The van der Waals surface area contributed by atoms with Crippen LogP contribution in [0.15, 0.2) is 50.4 Å². The van der Waals surface area contributed by atoms with Gasteiger partial charge in [0, 0.05) is 20.5 Å². The van der Waals surface area contributed by atoms with E-state index in [1.165, 1.54) is 0 Å². The van der Waals surface area contributed by atoms with Gasteiger partial charge in [0.05, 0.1) is 16.1 Å². The van der Waals surface area contributed by atoms with Gasteiger partial charge in [0.15, 0.2) is 0 Å². The Bertz CT molecular complexity index is 1070. The third-order valence-electron chi connectivity index (χ3n) is 3.90. The van der Waals surface area contributed by atoms with Gasteiger partial charge < -0.3 is 0 Å². The summed E-state index contributed by atoms with van der Waals surface area (Å²) in [7, 11) is -3.75. The van der Waals surface area contributed by atoms with Gasteiger partial charge in [-0.15, -0.1) is 0 Å². The molecule has 0 spiro atoms. The van der Waals surface area contributed by atoms with E-state index in [0.29, 0.717) is 20.6 Å². The van der Waals surface area contributed by atoms with E-state index in [0.717, 1.165) is 26.5 Å². The van der Waals surface area contributed by atoms with Crippen LogP contribution in [0.3, 0.4) is 0 Å². The molecular weight excluding hydrogens is 468 g/mol. The minimum atomic E-state index is -3.75. The van der Waals surface area contributed by atoms with Crippen molar-refractivity contribution in [1.82, 2.24) is 4.98 Å². The summed E-state index contributed by atoms with van der Waals surface area (Å²) >= 11 is 6.94. The summed E-state index contributed by atoms with van der Waals surface area (Å²) < 4.78 is 30.3. The fraction of sp³-hybridized carbons (Fsp3) is 0.167. The Hall–Kier alpha value is -1.44. The number of aryl methyl sites for hydroxylation is 3. The van der Waals surface area contributed by atoms with Gasteiger partial charge in [0.25, 0.3) is 10.0 Å². The van der Waals surface area contributed by atoms with Crippen molar-refractivity contribution in [3.8, 4) is 0 Å². The van der Waals surface area contributed by atoms with E-state index in [4.69, 9.17) is 0 Å². The molecule has 3 aromatic rings. The van der Waals surface area contributed by atoms with Crippen LogP contribution in [0.5, 0.6) is 0 Å². The topological polar surface area (TPSA) is 59.1 Å². The lowest BCUT2D eigenvalue weighted by atomic mass is 10.1. The Morgan fingerprint density at radius 1 is 1.00 bits per heavy atom. The van der Waals surface area contributed by atoms with E-state index in [1.807, 2.05) is 51.1 Å². The number of nitrogens with one attached hydrogen (secondary N) is 1. The fourth-order valence-electron chi connectivity index (χ4n) is 3.04. The van der Waals surface area contributed by atoms with Gasteiger partial charge in [-0.05, 0) is 60.0 Å². The normalized spacial score (nSPS) is 11.7. The molecule has 0 bridgehead atoms. The van der Waals surface area contributed by atoms with Gasteiger partial charge in [0.1, 0.15) is 0 Å². The molecule has 0 atom stereocenters. The van der Waals surface area contributed by atoms with E-state index in [-0.39, 0.29) is 0 Å². The van der Waals surface area contributed by atoms with Crippen molar-refractivity contribution in [2.75, 3.05) is 4.72 Å². The molecule has 1 aromatic heterocycles. The largest absolute Gasteiger partial charge is 0.276 e. The van der Waals surface area contributed by atoms with Gasteiger partial charge in [-0.25, -0.2) is 8.42 Å². The van der Waals surface area contributed by atoms with Crippen LogP contribution in [0.2, 0.25) is 0 Å². The summed E-state index contributed by atoms with van der Waals surface area (Å²) in [6, 6.07) is 9.26. The van der Waals surface area contributed by atoms with Crippen molar-refractivity contribution in [3.63, 3.8) is 0 Å². The van der Waals surface area contributed by atoms with Crippen LogP contribution in [0.4, 0.5) is 5.69 Å². The number of halogens is 2. The molecular formula is C18H16Br2N2O2S. The van der Waals surface area contributed by atoms with Gasteiger partial charge >= 0.3 is 0 Å². The van der Waals surface area contributed by atoms with Crippen LogP contribution in [0.1, 0.15) is 16.7 Å². The maximum Gasteiger partial charge on any atom is 0.262 e. The molecule has 0 fully saturated rings. The van der Waals surface area contributed by atoms with E-state index >= 15 is 0 Å². The van der Waals surface area contributed by atoms with Crippen LogP contribution < -0.4 is 4.72 Å². The van der Waals surface area contributed by atoms with E-state index in [1.54, 1.807) is 6.20 Å². The molecule has 25 heavy (non-hydrogen) atoms. The Morgan fingerprint density at radius 2 is 1.64 bits per heavy atom. The van der Waals surface area contributed by atoms with Crippen LogP contribution >= 0.6 is 31.9 Å². The first-order chi connectivity index (χ1) is 11.7. The highest BCUT2D eigenvalue weighted by atomic mass is 79.9. The molecule has 0 aliphatic rings. The predicted molar refractivity (Wildman–Crippen MR) is 109 cm³/mol. The quantitative estimate of drug-likeness (QED) is 0.536. The predicted octanol–water partition coefficient (Wildman–Crippen LogP) is 5.49. The molecule has 1 N–H and O–H groups in total. The maximum absolute atomic E-state index is 13.1. The van der Waals surface area contributed by atoms with Crippen molar-refractivity contribution in [3.05, 3.63) is 62.2 Å².